The molecule has 0 unspecified atom stereocenters. The van der Waals surface area contributed by atoms with Gasteiger partial charge in [0.05, 0.1) is 19.3 Å². The molecule has 1 aromatic rings. The fraction of sp³-hybridized carbons (Fsp3) is 0.533. The van der Waals surface area contributed by atoms with Crippen molar-refractivity contribution in [3.63, 3.8) is 0 Å². The number of benzene rings is 1. The van der Waals surface area contributed by atoms with Gasteiger partial charge in [-0.1, -0.05) is 31.4 Å². The van der Waals surface area contributed by atoms with Crippen LogP contribution in [0.1, 0.15) is 31.7 Å². The number of ether oxygens (including phenoxy) is 1. The van der Waals surface area contributed by atoms with Crippen LogP contribution < -0.4 is 15.4 Å². The lowest BCUT2D eigenvalue weighted by Crippen LogP contribution is -2.30. The van der Waals surface area contributed by atoms with E-state index >= 15 is 0 Å². The Morgan fingerprint density at radius 3 is 2.75 bits per heavy atom. The number of nitrogens with one attached hydrogen (secondary N) is 2. The van der Waals surface area contributed by atoms with Gasteiger partial charge in [-0.15, -0.1) is 0 Å². The van der Waals surface area contributed by atoms with Crippen molar-refractivity contribution >= 4 is 23.2 Å². The Bertz CT molecular complexity index is 450. The molecule has 0 saturated carbocycles. The second kappa shape index (κ2) is 8.69. The Kier molecular flexibility index (Phi) is 7.23. The van der Waals surface area contributed by atoms with Gasteiger partial charge in [0.25, 0.3) is 0 Å². The van der Waals surface area contributed by atoms with E-state index in [1.165, 1.54) is 0 Å². The van der Waals surface area contributed by atoms with Crippen LogP contribution in [0, 0.1) is 6.92 Å². The van der Waals surface area contributed by atoms with E-state index in [1.54, 1.807) is 13.2 Å². The predicted octanol–water partition coefficient (Wildman–Crippen LogP) is 3.38. The van der Waals surface area contributed by atoms with Crippen LogP contribution in [0.15, 0.2) is 12.1 Å². The van der Waals surface area contributed by atoms with Crippen molar-refractivity contribution in [1.29, 1.82) is 0 Å². The summed E-state index contributed by atoms with van der Waals surface area (Å²) in [6, 6.07) is 3.63. The number of halogens is 1. The molecule has 0 aliphatic carbocycles. The highest BCUT2D eigenvalue weighted by atomic mass is 35.5. The van der Waals surface area contributed by atoms with Crippen LogP contribution in [-0.4, -0.2) is 26.1 Å². The number of unbranched alkanes of at least 4 members (excludes halogenated alkanes) is 2. The molecule has 112 valence electrons. The van der Waals surface area contributed by atoms with Crippen LogP contribution in [0.4, 0.5) is 5.69 Å². The molecule has 0 aromatic heterocycles. The fourth-order valence-corrected chi connectivity index (χ4v) is 1.96. The summed E-state index contributed by atoms with van der Waals surface area (Å²) in [7, 11) is 1.58. The standard InChI is InChI=1S/C15H23ClN2O2/c1-4-5-6-7-17-15(19)10-18-13-8-11(2)12(16)9-14(13)20-3/h8-9,18H,4-7,10H2,1-3H3,(H,17,19). The summed E-state index contributed by atoms with van der Waals surface area (Å²) in [6.07, 6.45) is 3.30. The van der Waals surface area contributed by atoms with Crippen LogP contribution in [0.3, 0.4) is 0 Å². The van der Waals surface area contributed by atoms with Gasteiger partial charge >= 0.3 is 0 Å². The molecule has 5 heteroatoms. The Balaban J connectivity index is 2.48. The quantitative estimate of drug-likeness (QED) is 0.723. The first-order chi connectivity index (χ1) is 9.58. The van der Waals surface area contributed by atoms with Crippen molar-refractivity contribution in [2.24, 2.45) is 0 Å². The summed E-state index contributed by atoms with van der Waals surface area (Å²) in [6.45, 7) is 5.00. The average Bonchev–Trinajstić information content (AvgIpc) is 2.44. The van der Waals surface area contributed by atoms with Gasteiger partial charge in [-0.2, -0.15) is 0 Å². The Hall–Kier alpha value is -1.42. The van der Waals surface area contributed by atoms with Crippen molar-refractivity contribution in [3.8, 4) is 5.75 Å². The van der Waals surface area contributed by atoms with Gasteiger partial charge in [0.15, 0.2) is 0 Å². The second-order valence-electron chi connectivity index (χ2n) is 4.71. The van der Waals surface area contributed by atoms with E-state index in [2.05, 4.69) is 17.6 Å². The zero-order valence-electron chi connectivity index (χ0n) is 12.4. The van der Waals surface area contributed by atoms with E-state index in [-0.39, 0.29) is 12.5 Å². The molecule has 0 heterocycles. The van der Waals surface area contributed by atoms with Crippen molar-refractivity contribution in [2.45, 2.75) is 33.1 Å². The van der Waals surface area contributed by atoms with Crippen LogP contribution >= 0.6 is 11.6 Å². The summed E-state index contributed by atoms with van der Waals surface area (Å²) in [5.74, 6) is 0.621. The minimum Gasteiger partial charge on any atom is -0.495 e. The van der Waals surface area contributed by atoms with E-state index in [1.807, 2.05) is 13.0 Å². The molecule has 0 atom stereocenters. The molecular weight excluding hydrogens is 276 g/mol. The van der Waals surface area contributed by atoms with Crippen molar-refractivity contribution in [1.82, 2.24) is 5.32 Å². The number of aryl methyl sites for hydroxylation is 1. The third-order valence-corrected chi connectivity index (χ3v) is 3.43. The molecule has 0 fully saturated rings. The normalized spacial score (nSPS) is 10.2. The zero-order valence-corrected chi connectivity index (χ0v) is 13.1. The fourth-order valence-electron chi connectivity index (χ4n) is 1.81. The second-order valence-corrected chi connectivity index (χ2v) is 5.12. The van der Waals surface area contributed by atoms with E-state index in [4.69, 9.17) is 16.3 Å². The Morgan fingerprint density at radius 1 is 1.35 bits per heavy atom. The van der Waals surface area contributed by atoms with Gasteiger partial charge in [-0.3, -0.25) is 4.79 Å². The smallest absolute Gasteiger partial charge is 0.239 e. The Labute approximate surface area is 125 Å². The maximum absolute atomic E-state index is 11.7. The first kappa shape index (κ1) is 16.6. The molecule has 0 bridgehead atoms. The molecular formula is C15H23ClN2O2. The minimum absolute atomic E-state index is 0.0178. The number of hydrogen-bond donors (Lipinski definition) is 2. The Morgan fingerprint density at radius 2 is 2.10 bits per heavy atom. The summed E-state index contributed by atoms with van der Waals surface area (Å²) >= 11 is 6.04. The zero-order chi connectivity index (χ0) is 15.0. The van der Waals surface area contributed by atoms with E-state index < -0.39 is 0 Å². The lowest BCUT2D eigenvalue weighted by molar-refractivity contribution is -0.119. The van der Waals surface area contributed by atoms with Crippen LogP contribution in [0.5, 0.6) is 5.75 Å². The molecule has 1 aromatic carbocycles. The number of rotatable bonds is 8. The van der Waals surface area contributed by atoms with E-state index in [0.717, 1.165) is 37.1 Å². The number of amides is 1. The monoisotopic (exact) mass is 298 g/mol. The van der Waals surface area contributed by atoms with Gasteiger partial charge in [-0.25, -0.2) is 0 Å². The van der Waals surface area contributed by atoms with Gasteiger partial charge in [0, 0.05) is 17.6 Å². The first-order valence-electron chi connectivity index (χ1n) is 6.93. The largest absolute Gasteiger partial charge is 0.495 e. The van der Waals surface area contributed by atoms with Crippen LogP contribution in [-0.2, 0) is 4.79 Å². The molecule has 0 radical (unpaired) electrons. The molecule has 0 aliphatic rings. The van der Waals surface area contributed by atoms with Crippen LogP contribution in [0.25, 0.3) is 0 Å². The summed E-state index contributed by atoms with van der Waals surface area (Å²) in [5.41, 5.74) is 1.72. The summed E-state index contributed by atoms with van der Waals surface area (Å²) < 4.78 is 5.25. The van der Waals surface area contributed by atoms with Crippen molar-refractivity contribution in [2.75, 3.05) is 25.5 Å². The maximum Gasteiger partial charge on any atom is 0.239 e. The molecule has 0 saturated heterocycles. The minimum atomic E-state index is -0.0178. The van der Waals surface area contributed by atoms with Gasteiger partial charge < -0.3 is 15.4 Å². The van der Waals surface area contributed by atoms with E-state index in [0.29, 0.717) is 10.8 Å². The number of carbonyl (C=O) groups excluding carboxylic acids is 1. The molecule has 1 amide bonds. The third-order valence-electron chi connectivity index (χ3n) is 3.02. The number of hydrogen-bond acceptors (Lipinski definition) is 3. The topological polar surface area (TPSA) is 50.4 Å². The number of anilines is 1. The summed E-state index contributed by atoms with van der Waals surface area (Å²) in [5, 5.41) is 6.61. The average molecular weight is 299 g/mol. The highest BCUT2D eigenvalue weighted by Gasteiger charge is 2.08. The number of carbonyl (C=O) groups is 1. The summed E-state index contributed by atoms with van der Waals surface area (Å²) in [4.78, 5) is 11.7. The number of methoxy groups -OCH3 is 1. The molecule has 2 N–H and O–H groups in total. The highest BCUT2D eigenvalue weighted by Crippen LogP contribution is 2.30. The molecule has 0 aliphatic heterocycles. The highest BCUT2D eigenvalue weighted by molar-refractivity contribution is 6.31. The maximum atomic E-state index is 11.7. The van der Waals surface area contributed by atoms with Gasteiger partial charge in [0.2, 0.25) is 5.91 Å². The molecule has 20 heavy (non-hydrogen) atoms. The van der Waals surface area contributed by atoms with E-state index in [9.17, 15) is 4.79 Å². The van der Waals surface area contributed by atoms with Gasteiger partial charge in [0.1, 0.15) is 5.75 Å². The molecule has 0 spiro atoms. The lowest BCUT2D eigenvalue weighted by Gasteiger charge is -2.13. The SMILES string of the molecule is CCCCCNC(=O)CNc1cc(C)c(Cl)cc1OC. The molecule has 4 nitrogen and oxygen atoms in total. The molecule has 1 rings (SSSR count). The first-order valence-corrected chi connectivity index (χ1v) is 7.31. The van der Waals surface area contributed by atoms with Gasteiger partial charge in [-0.05, 0) is 25.0 Å². The van der Waals surface area contributed by atoms with Crippen molar-refractivity contribution < 1.29 is 9.53 Å². The lowest BCUT2D eigenvalue weighted by atomic mass is 10.2. The van der Waals surface area contributed by atoms with Crippen molar-refractivity contribution in [3.05, 3.63) is 22.7 Å². The van der Waals surface area contributed by atoms with Crippen LogP contribution in [0.2, 0.25) is 5.02 Å². The predicted molar refractivity (Wildman–Crippen MR) is 83.8 cm³/mol. The third kappa shape index (κ3) is 5.29.